The largest absolute Gasteiger partial charge is 0.395 e. The van der Waals surface area contributed by atoms with Crippen molar-refractivity contribution in [3.8, 4) is 11.1 Å². The standard InChI is InChI=1S/C17H16FN5O3/c1-10(25)20-17-21-15-5-3-12(9-23(15)22-17)11-2-4-14(18)13(8-11)16(26)19-6-7-24/h2-5,8-9,24H,6-7H2,1H3,(H,19,26)(H,20,22,25). The highest BCUT2D eigenvalue weighted by molar-refractivity contribution is 5.95. The van der Waals surface area contributed by atoms with Gasteiger partial charge in [-0.3, -0.25) is 14.9 Å². The van der Waals surface area contributed by atoms with Gasteiger partial charge in [-0.25, -0.2) is 8.91 Å². The van der Waals surface area contributed by atoms with Crippen LogP contribution in [0.3, 0.4) is 0 Å². The number of aromatic nitrogens is 3. The van der Waals surface area contributed by atoms with Gasteiger partial charge in [-0.15, -0.1) is 5.10 Å². The van der Waals surface area contributed by atoms with Gasteiger partial charge in [0.1, 0.15) is 5.82 Å². The summed E-state index contributed by atoms with van der Waals surface area (Å²) < 4.78 is 15.4. The van der Waals surface area contributed by atoms with Gasteiger partial charge in [-0.05, 0) is 29.8 Å². The van der Waals surface area contributed by atoms with Crippen LogP contribution in [0.25, 0.3) is 16.8 Å². The number of anilines is 1. The molecule has 0 unspecified atom stereocenters. The third kappa shape index (κ3) is 3.67. The number of carbonyl (C=O) groups excluding carboxylic acids is 2. The first kappa shape index (κ1) is 17.5. The van der Waals surface area contributed by atoms with Gasteiger partial charge in [0.2, 0.25) is 11.9 Å². The maximum Gasteiger partial charge on any atom is 0.254 e. The number of carbonyl (C=O) groups is 2. The Labute approximate surface area is 147 Å². The first-order valence-corrected chi connectivity index (χ1v) is 7.81. The van der Waals surface area contributed by atoms with Crippen molar-refractivity contribution in [1.29, 1.82) is 0 Å². The van der Waals surface area contributed by atoms with Crippen LogP contribution in [0.4, 0.5) is 10.3 Å². The molecule has 0 aliphatic rings. The zero-order valence-corrected chi connectivity index (χ0v) is 13.9. The minimum atomic E-state index is -0.654. The number of hydrogen-bond donors (Lipinski definition) is 3. The van der Waals surface area contributed by atoms with E-state index in [-0.39, 0.29) is 30.6 Å². The molecule has 2 aromatic heterocycles. The number of aliphatic hydroxyl groups is 1. The molecule has 0 atom stereocenters. The summed E-state index contributed by atoms with van der Waals surface area (Å²) in [6.07, 6.45) is 1.66. The SMILES string of the molecule is CC(=O)Nc1nc2ccc(-c3ccc(F)c(C(=O)NCCO)c3)cn2n1. The Morgan fingerprint density at radius 3 is 2.73 bits per heavy atom. The zero-order chi connectivity index (χ0) is 18.7. The number of nitrogens with zero attached hydrogens (tertiary/aromatic N) is 3. The fourth-order valence-electron chi connectivity index (χ4n) is 2.41. The van der Waals surface area contributed by atoms with Crippen LogP contribution in [0.5, 0.6) is 0 Å². The summed E-state index contributed by atoms with van der Waals surface area (Å²) in [5.41, 5.74) is 1.71. The van der Waals surface area contributed by atoms with E-state index in [1.165, 1.54) is 23.6 Å². The van der Waals surface area contributed by atoms with E-state index < -0.39 is 11.7 Å². The van der Waals surface area contributed by atoms with Gasteiger partial charge in [0.25, 0.3) is 5.91 Å². The Morgan fingerprint density at radius 1 is 1.23 bits per heavy atom. The van der Waals surface area contributed by atoms with Gasteiger partial charge in [0, 0.05) is 25.2 Å². The van der Waals surface area contributed by atoms with E-state index in [2.05, 4.69) is 20.7 Å². The molecule has 2 heterocycles. The Bertz CT molecular complexity index is 986. The summed E-state index contributed by atoms with van der Waals surface area (Å²) >= 11 is 0. The van der Waals surface area contributed by atoms with Crippen molar-refractivity contribution in [2.24, 2.45) is 0 Å². The molecule has 3 N–H and O–H groups in total. The lowest BCUT2D eigenvalue weighted by Crippen LogP contribution is -2.27. The van der Waals surface area contributed by atoms with Gasteiger partial charge in [0.15, 0.2) is 5.65 Å². The summed E-state index contributed by atoms with van der Waals surface area (Å²) in [4.78, 5) is 27.2. The lowest BCUT2D eigenvalue weighted by atomic mass is 10.0. The maximum absolute atomic E-state index is 13.9. The number of rotatable bonds is 5. The van der Waals surface area contributed by atoms with Crippen LogP contribution in [0.15, 0.2) is 36.5 Å². The van der Waals surface area contributed by atoms with Crippen molar-refractivity contribution >= 4 is 23.4 Å². The predicted octanol–water partition coefficient (Wildman–Crippen LogP) is 1.22. The Morgan fingerprint density at radius 2 is 2.00 bits per heavy atom. The van der Waals surface area contributed by atoms with Crippen LogP contribution in [-0.2, 0) is 4.79 Å². The highest BCUT2D eigenvalue weighted by Gasteiger charge is 2.13. The minimum absolute atomic E-state index is 0.0410. The van der Waals surface area contributed by atoms with E-state index >= 15 is 0 Å². The Balaban J connectivity index is 1.95. The van der Waals surface area contributed by atoms with Crippen LogP contribution in [0, 0.1) is 5.82 Å². The molecule has 3 aromatic rings. The third-order valence-electron chi connectivity index (χ3n) is 3.56. The molecule has 0 aliphatic carbocycles. The van der Waals surface area contributed by atoms with E-state index in [1.54, 1.807) is 24.4 Å². The van der Waals surface area contributed by atoms with Crippen LogP contribution in [0.1, 0.15) is 17.3 Å². The second-order valence-corrected chi connectivity index (χ2v) is 5.51. The first-order chi connectivity index (χ1) is 12.5. The number of aliphatic hydroxyl groups excluding tert-OH is 1. The van der Waals surface area contributed by atoms with E-state index in [9.17, 15) is 14.0 Å². The Kier molecular flexibility index (Phi) is 4.90. The normalized spacial score (nSPS) is 10.7. The molecular weight excluding hydrogens is 341 g/mol. The van der Waals surface area contributed by atoms with Crippen molar-refractivity contribution in [3.05, 3.63) is 47.9 Å². The molecule has 0 radical (unpaired) electrons. The van der Waals surface area contributed by atoms with E-state index in [0.717, 1.165) is 0 Å². The van der Waals surface area contributed by atoms with Gasteiger partial charge in [0.05, 0.1) is 12.2 Å². The first-order valence-electron chi connectivity index (χ1n) is 7.81. The Hall–Kier alpha value is -3.33. The van der Waals surface area contributed by atoms with Crippen molar-refractivity contribution in [1.82, 2.24) is 19.9 Å². The van der Waals surface area contributed by atoms with Crippen LogP contribution in [0.2, 0.25) is 0 Å². The number of halogens is 1. The monoisotopic (exact) mass is 357 g/mol. The van der Waals surface area contributed by atoms with Gasteiger partial charge in [-0.1, -0.05) is 6.07 Å². The molecule has 134 valence electrons. The zero-order valence-electron chi connectivity index (χ0n) is 13.9. The molecule has 0 bridgehead atoms. The number of pyridine rings is 1. The molecule has 0 saturated heterocycles. The summed E-state index contributed by atoms with van der Waals surface area (Å²) in [7, 11) is 0. The number of amides is 2. The van der Waals surface area contributed by atoms with E-state index in [1.807, 2.05) is 0 Å². The molecule has 2 amide bonds. The molecule has 26 heavy (non-hydrogen) atoms. The molecule has 9 heteroatoms. The molecule has 0 fully saturated rings. The van der Waals surface area contributed by atoms with Crippen molar-refractivity contribution < 1.29 is 19.1 Å². The van der Waals surface area contributed by atoms with Crippen LogP contribution in [-0.4, -0.2) is 44.7 Å². The third-order valence-corrected chi connectivity index (χ3v) is 3.56. The van der Waals surface area contributed by atoms with Crippen molar-refractivity contribution in [3.63, 3.8) is 0 Å². The van der Waals surface area contributed by atoms with Crippen molar-refractivity contribution in [2.45, 2.75) is 6.92 Å². The number of hydrogen-bond acceptors (Lipinski definition) is 5. The van der Waals surface area contributed by atoms with Gasteiger partial charge < -0.3 is 10.4 Å². The average molecular weight is 357 g/mol. The van der Waals surface area contributed by atoms with E-state index in [0.29, 0.717) is 16.8 Å². The molecule has 3 rings (SSSR count). The summed E-state index contributed by atoms with van der Waals surface area (Å²) in [5, 5.41) is 17.8. The van der Waals surface area contributed by atoms with Crippen molar-refractivity contribution in [2.75, 3.05) is 18.5 Å². The highest BCUT2D eigenvalue weighted by atomic mass is 19.1. The topological polar surface area (TPSA) is 109 Å². The lowest BCUT2D eigenvalue weighted by Gasteiger charge is -2.08. The smallest absolute Gasteiger partial charge is 0.254 e. The fraction of sp³-hybridized carbons (Fsp3) is 0.176. The number of fused-ring (bicyclic) bond motifs is 1. The summed E-state index contributed by atoms with van der Waals surface area (Å²) in [6.45, 7) is 1.17. The quantitative estimate of drug-likeness (QED) is 0.636. The van der Waals surface area contributed by atoms with Crippen LogP contribution >= 0.6 is 0 Å². The number of nitrogens with one attached hydrogen (secondary N) is 2. The molecule has 0 saturated carbocycles. The maximum atomic E-state index is 13.9. The molecular formula is C17H16FN5O3. The lowest BCUT2D eigenvalue weighted by molar-refractivity contribution is -0.114. The van der Waals surface area contributed by atoms with E-state index in [4.69, 9.17) is 5.11 Å². The second-order valence-electron chi connectivity index (χ2n) is 5.51. The summed E-state index contributed by atoms with van der Waals surface area (Å²) in [6, 6.07) is 7.63. The fourth-order valence-corrected chi connectivity index (χ4v) is 2.41. The van der Waals surface area contributed by atoms with Gasteiger partial charge >= 0.3 is 0 Å². The highest BCUT2D eigenvalue weighted by Crippen LogP contribution is 2.23. The second kappa shape index (κ2) is 7.28. The molecule has 8 nitrogen and oxygen atoms in total. The predicted molar refractivity (Wildman–Crippen MR) is 92.1 cm³/mol. The summed E-state index contributed by atoms with van der Waals surface area (Å²) in [5.74, 6) is -1.36. The van der Waals surface area contributed by atoms with Gasteiger partial charge in [-0.2, -0.15) is 4.98 Å². The average Bonchev–Trinajstić information content (AvgIpc) is 3.00. The number of benzene rings is 1. The molecule has 0 aliphatic heterocycles. The van der Waals surface area contributed by atoms with Crippen LogP contribution < -0.4 is 10.6 Å². The minimum Gasteiger partial charge on any atom is -0.395 e. The molecule has 0 spiro atoms. The molecule has 1 aromatic carbocycles.